The van der Waals surface area contributed by atoms with E-state index in [4.69, 9.17) is 5.73 Å². The summed E-state index contributed by atoms with van der Waals surface area (Å²) in [6, 6.07) is 10.7. The molecule has 0 spiro atoms. The largest absolute Gasteiger partial charge is 0.329 e. The summed E-state index contributed by atoms with van der Waals surface area (Å²) < 4.78 is 0. The van der Waals surface area contributed by atoms with Crippen LogP contribution >= 0.6 is 0 Å². The zero-order valence-corrected chi connectivity index (χ0v) is 10.2. The summed E-state index contributed by atoms with van der Waals surface area (Å²) in [6.07, 6.45) is 3.75. The van der Waals surface area contributed by atoms with Gasteiger partial charge >= 0.3 is 0 Å². The molecule has 1 aromatic carbocycles. The highest BCUT2D eigenvalue weighted by atomic mass is 15.2. The Morgan fingerprint density at radius 1 is 1.25 bits per heavy atom. The van der Waals surface area contributed by atoms with E-state index in [-0.39, 0.29) is 0 Å². The monoisotopic (exact) mass is 218 g/mol. The third-order valence-electron chi connectivity index (χ3n) is 3.59. The topological polar surface area (TPSA) is 29.3 Å². The summed E-state index contributed by atoms with van der Waals surface area (Å²) in [6.45, 7) is 5.25. The van der Waals surface area contributed by atoms with E-state index < -0.39 is 0 Å². The predicted molar refractivity (Wildman–Crippen MR) is 68.2 cm³/mol. The van der Waals surface area contributed by atoms with Crippen molar-refractivity contribution < 1.29 is 0 Å². The number of rotatable bonds is 6. The molecular weight excluding hydrogens is 196 g/mol. The lowest BCUT2D eigenvalue weighted by Gasteiger charge is -2.30. The van der Waals surface area contributed by atoms with E-state index in [2.05, 4.69) is 42.2 Å². The SMILES string of the molecule is CCCN(Cc1ccccc1)C1(CN)CC1. The normalized spacial score (nSPS) is 17.7. The van der Waals surface area contributed by atoms with Gasteiger partial charge in [0.25, 0.3) is 0 Å². The fourth-order valence-corrected chi connectivity index (χ4v) is 2.35. The van der Waals surface area contributed by atoms with Crippen LogP contribution in [0.1, 0.15) is 31.7 Å². The summed E-state index contributed by atoms with van der Waals surface area (Å²) >= 11 is 0. The van der Waals surface area contributed by atoms with Crippen molar-refractivity contribution in [3.8, 4) is 0 Å². The third-order valence-corrected chi connectivity index (χ3v) is 3.59. The zero-order valence-electron chi connectivity index (χ0n) is 10.2. The van der Waals surface area contributed by atoms with Crippen LogP contribution in [0.3, 0.4) is 0 Å². The maximum absolute atomic E-state index is 5.91. The number of hydrogen-bond donors (Lipinski definition) is 1. The number of benzene rings is 1. The molecule has 0 aromatic heterocycles. The van der Waals surface area contributed by atoms with E-state index in [0.717, 1.165) is 19.6 Å². The Morgan fingerprint density at radius 3 is 2.44 bits per heavy atom. The minimum atomic E-state index is 0.325. The van der Waals surface area contributed by atoms with Crippen molar-refractivity contribution in [1.29, 1.82) is 0 Å². The van der Waals surface area contributed by atoms with Crippen molar-refractivity contribution in [2.45, 2.75) is 38.3 Å². The highest BCUT2D eigenvalue weighted by Crippen LogP contribution is 2.41. The van der Waals surface area contributed by atoms with Crippen molar-refractivity contribution in [3.05, 3.63) is 35.9 Å². The van der Waals surface area contributed by atoms with Gasteiger partial charge in [-0.15, -0.1) is 0 Å². The molecule has 2 heteroatoms. The second-order valence-electron chi connectivity index (χ2n) is 4.84. The van der Waals surface area contributed by atoms with Crippen LogP contribution in [0.15, 0.2) is 30.3 Å². The smallest absolute Gasteiger partial charge is 0.0336 e. The first-order chi connectivity index (χ1) is 7.80. The van der Waals surface area contributed by atoms with E-state index >= 15 is 0 Å². The van der Waals surface area contributed by atoms with Crippen LogP contribution in [0.2, 0.25) is 0 Å². The molecule has 0 unspecified atom stereocenters. The Bertz CT molecular complexity index is 317. The maximum atomic E-state index is 5.91. The molecule has 0 heterocycles. The van der Waals surface area contributed by atoms with Crippen LogP contribution < -0.4 is 5.73 Å². The number of nitrogens with two attached hydrogens (primary N) is 1. The van der Waals surface area contributed by atoms with E-state index in [1.165, 1.54) is 24.8 Å². The lowest BCUT2D eigenvalue weighted by Crippen LogP contribution is -2.42. The summed E-state index contributed by atoms with van der Waals surface area (Å²) in [5, 5.41) is 0. The van der Waals surface area contributed by atoms with E-state index in [1.54, 1.807) is 0 Å². The Labute approximate surface area is 98.4 Å². The highest BCUT2D eigenvalue weighted by Gasteiger charge is 2.45. The number of hydrogen-bond acceptors (Lipinski definition) is 2. The van der Waals surface area contributed by atoms with Gasteiger partial charge in [0.05, 0.1) is 0 Å². The Balaban J connectivity index is 2.03. The Kier molecular flexibility index (Phi) is 3.62. The molecule has 2 rings (SSSR count). The van der Waals surface area contributed by atoms with Crippen LogP contribution in [0, 0.1) is 0 Å². The Morgan fingerprint density at radius 2 is 1.94 bits per heavy atom. The summed E-state index contributed by atoms with van der Waals surface area (Å²) in [5.41, 5.74) is 7.64. The molecule has 88 valence electrons. The standard InChI is InChI=1S/C14H22N2/c1-2-10-16(14(12-15)8-9-14)11-13-6-4-3-5-7-13/h3-7H,2,8-12,15H2,1H3. The zero-order chi connectivity index (χ0) is 11.4. The van der Waals surface area contributed by atoms with Gasteiger partial charge in [0.15, 0.2) is 0 Å². The van der Waals surface area contributed by atoms with Gasteiger partial charge in [-0.2, -0.15) is 0 Å². The first-order valence-electron chi connectivity index (χ1n) is 6.30. The second-order valence-corrected chi connectivity index (χ2v) is 4.84. The highest BCUT2D eigenvalue weighted by molar-refractivity contribution is 5.16. The molecule has 0 bridgehead atoms. The number of nitrogens with zero attached hydrogens (tertiary/aromatic N) is 1. The van der Waals surface area contributed by atoms with Crippen LogP contribution in [0.25, 0.3) is 0 Å². The molecule has 0 saturated heterocycles. The van der Waals surface area contributed by atoms with Crippen molar-refractivity contribution in [3.63, 3.8) is 0 Å². The van der Waals surface area contributed by atoms with Gasteiger partial charge in [0, 0.05) is 18.6 Å². The lowest BCUT2D eigenvalue weighted by molar-refractivity contribution is 0.172. The molecule has 0 aliphatic heterocycles. The van der Waals surface area contributed by atoms with E-state index in [9.17, 15) is 0 Å². The van der Waals surface area contributed by atoms with Crippen molar-refractivity contribution in [2.24, 2.45) is 5.73 Å². The molecule has 2 N–H and O–H groups in total. The second kappa shape index (κ2) is 4.98. The van der Waals surface area contributed by atoms with Gasteiger partial charge in [-0.1, -0.05) is 37.3 Å². The minimum absolute atomic E-state index is 0.325. The summed E-state index contributed by atoms with van der Waals surface area (Å²) in [4.78, 5) is 2.57. The molecule has 16 heavy (non-hydrogen) atoms. The maximum Gasteiger partial charge on any atom is 0.0336 e. The average Bonchev–Trinajstić information content (AvgIpc) is 3.11. The van der Waals surface area contributed by atoms with E-state index in [1.807, 2.05) is 0 Å². The molecule has 1 fully saturated rings. The predicted octanol–water partition coefficient (Wildman–Crippen LogP) is 2.39. The summed E-state index contributed by atoms with van der Waals surface area (Å²) in [5.74, 6) is 0. The van der Waals surface area contributed by atoms with Gasteiger partial charge in [-0.05, 0) is 31.4 Å². The minimum Gasteiger partial charge on any atom is -0.329 e. The lowest BCUT2D eigenvalue weighted by atomic mass is 10.1. The van der Waals surface area contributed by atoms with Gasteiger partial charge in [-0.3, -0.25) is 4.90 Å². The third kappa shape index (κ3) is 2.45. The summed E-state index contributed by atoms with van der Waals surface area (Å²) in [7, 11) is 0. The molecule has 0 atom stereocenters. The average molecular weight is 218 g/mol. The molecule has 1 aliphatic carbocycles. The van der Waals surface area contributed by atoms with Crippen molar-refractivity contribution >= 4 is 0 Å². The van der Waals surface area contributed by atoms with Crippen LogP contribution in [0.4, 0.5) is 0 Å². The first-order valence-corrected chi connectivity index (χ1v) is 6.30. The molecule has 0 amide bonds. The fraction of sp³-hybridized carbons (Fsp3) is 0.571. The van der Waals surface area contributed by atoms with Gasteiger partial charge in [0.2, 0.25) is 0 Å². The molecule has 1 saturated carbocycles. The van der Waals surface area contributed by atoms with Gasteiger partial charge in [0.1, 0.15) is 0 Å². The molecule has 2 nitrogen and oxygen atoms in total. The van der Waals surface area contributed by atoms with Crippen LogP contribution in [0.5, 0.6) is 0 Å². The van der Waals surface area contributed by atoms with Gasteiger partial charge < -0.3 is 5.73 Å². The molecule has 1 aliphatic rings. The fourth-order valence-electron chi connectivity index (χ4n) is 2.35. The quantitative estimate of drug-likeness (QED) is 0.794. The van der Waals surface area contributed by atoms with E-state index in [0.29, 0.717) is 5.54 Å². The van der Waals surface area contributed by atoms with Crippen molar-refractivity contribution in [2.75, 3.05) is 13.1 Å². The Hall–Kier alpha value is -0.860. The molecule has 0 radical (unpaired) electrons. The first kappa shape index (κ1) is 11.6. The molecule has 1 aromatic rings. The van der Waals surface area contributed by atoms with Crippen molar-refractivity contribution in [1.82, 2.24) is 4.90 Å². The van der Waals surface area contributed by atoms with Crippen LogP contribution in [-0.2, 0) is 6.54 Å². The van der Waals surface area contributed by atoms with Crippen LogP contribution in [-0.4, -0.2) is 23.5 Å². The van der Waals surface area contributed by atoms with Gasteiger partial charge in [-0.25, -0.2) is 0 Å². The molecular formula is C14H22N2.